The predicted octanol–water partition coefficient (Wildman–Crippen LogP) is 5.46. The molecule has 2 atom stereocenters. The van der Waals surface area contributed by atoms with Gasteiger partial charge in [0.25, 0.3) is 0 Å². The lowest BCUT2D eigenvalue weighted by Crippen LogP contribution is -2.22. The average molecular weight is 346 g/mol. The van der Waals surface area contributed by atoms with E-state index in [4.69, 9.17) is 23.2 Å². The third kappa shape index (κ3) is 5.59. The molecule has 0 radical (unpaired) electrons. The van der Waals surface area contributed by atoms with Crippen molar-refractivity contribution in [2.45, 2.75) is 10.8 Å². The van der Waals surface area contributed by atoms with Gasteiger partial charge in [0.1, 0.15) is 5.71 Å². The molecule has 2 aromatic carbocycles. The lowest BCUT2D eigenvalue weighted by atomic mass is 10.1. The number of hydrogen-bond acceptors (Lipinski definition) is 2. The minimum Gasteiger partial charge on any atom is -0.411 e. The van der Waals surface area contributed by atoms with Gasteiger partial charge in [0.15, 0.2) is 0 Å². The summed E-state index contributed by atoms with van der Waals surface area (Å²) >= 11 is 12.6. The second kappa shape index (κ2) is 9.19. The highest BCUT2D eigenvalue weighted by Gasteiger charge is 2.18. The van der Waals surface area contributed by atoms with Crippen molar-refractivity contribution in [3.05, 3.63) is 83.9 Å². The molecule has 0 bridgehead atoms. The van der Waals surface area contributed by atoms with E-state index < -0.39 is 10.8 Å². The summed E-state index contributed by atoms with van der Waals surface area (Å²) in [5.74, 6) is 0. The van der Waals surface area contributed by atoms with Crippen molar-refractivity contribution in [3.63, 3.8) is 0 Å². The Morgan fingerprint density at radius 2 is 1.17 bits per heavy atom. The molecule has 1 N–H and O–H groups in total. The van der Waals surface area contributed by atoms with Crippen molar-refractivity contribution in [2.75, 3.05) is 0 Å². The topological polar surface area (TPSA) is 32.6 Å². The zero-order valence-corrected chi connectivity index (χ0v) is 13.9. The molecule has 0 aliphatic heterocycles. The summed E-state index contributed by atoms with van der Waals surface area (Å²) in [4.78, 5) is 0. The normalized spacial score (nSPS) is 14.0. The monoisotopic (exact) mass is 345 g/mol. The van der Waals surface area contributed by atoms with Crippen LogP contribution in [0.15, 0.2) is 78.0 Å². The third-order valence-corrected chi connectivity index (χ3v) is 3.93. The number of rotatable bonds is 6. The van der Waals surface area contributed by atoms with Crippen LogP contribution in [-0.4, -0.2) is 21.7 Å². The summed E-state index contributed by atoms with van der Waals surface area (Å²) in [5, 5.41) is 11.3. The molecule has 2 nitrogen and oxygen atoms in total. The van der Waals surface area contributed by atoms with E-state index in [0.29, 0.717) is 0 Å². The summed E-state index contributed by atoms with van der Waals surface area (Å²) < 4.78 is 0. The molecular formula is C19H17Cl2NO. The third-order valence-electron chi connectivity index (χ3n) is 3.19. The molecule has 23 heavy (non-hydrogen) atoms. The second-order valence-corrected chi connectivity index (χ2v) is 5.81. The van der Waals surface area contributed by atoms with Gasteiger partial charge in [-0.2, -0.15) is 0 Å². The predicted molar refractivity (Wildman–Crippen MR) is 99.5 cm³/mol. The van der Waals surface area contributed by atoms with Gasteiger partial charge in [-0.1, -0.05) is 90.1 Å². The molecule has 0 aliphatic rings. The fraction of sp³-hybridized carbons (Fsp3) is 0.105. The smallest absolute Gasteiger partial charge is 0.100 e. The maximum Gasteiger partial charge on any atom is 0.100 e. The van der Waals surface area contributed by atoms with E-state index in [1.54, 1.807) is 12.2 Å². The van der Waals surface area contributed by atoms with Crippen LogP contribution in [0.25, 0.3) is 12.2 Å². The summed E-state index contributed by atoms with van der Waals surface area (Å²) in [6.07, 6.45) is 7.23. The summed E-state index contributed by atoms with van der Waals surface area (Å²) in [6, 6.07) is 19.5. The molecule has 0 aromatic heterocycles. The van der Waals surface area contributed by atoms with Gasteiger partial charge in [-0.15, -0.1) is 23.2 Å². The standard InChI is InChI=1S/C19H17Cl2NO/c20-17(13-11-15-7-3-1-4-8-15)19(22-23)18(21)14-12-16-9-5-2-6-10-16/h1-14,17-18,23H. The van der Waals surface area contributed by atoms with E-state index in [0.717, 1.165) is 11.1 Å². The molecular weight excluding hydrogens is 329 g/mol. The second-order valence-electron chi connectivity index (χ2n) is 4.87. The summed E-state index contributed by atoms with van der Waals surface area (Å²) in [6.45, 7) is 0. The number of oxime groups is 1. The van der Waals surface area contributed by atoms with E-state index in [1.165, 1.54) is 0 Å². The largest absolute Gasteiger partial charge is 0.411 e. The Kier molecular flexibility index (Phi) is 6.92. The van der Waals surface area contributed by atoms with E-state index in [1.807, 2.05) is 72.8 Å². The molecule has 0 saturated heterocycles. The van der Waals surface area contributed by atoms with Gasteiger partial charge in [0.2, 0.25) is 0 Å². The van der Waals surface area contributed by atoms with Crippen LogP contribution in [-0.2, 0) is 0 Å². The first-order chi connectivity index (χ1) is 11.2. The van der Waals surface area contributed by atoms with Crippen molar-refractivity contribution < 1.29 is 5.21 Å². The van der Waals surface area contributed by atoms with Crippen LogP contribution in [0.1, 0.15) is 11.1 Å². The maximum absolute atomic E-state index is 9.21. The van der Waals surface area contributed by atoms with Gasteiger partial charge in [0.05, 0.1) is 10.8 Å². The molecule has 2 rings (SSSR count). The highest BCUT2D eigenvalue weighted by Crippen LogP contribution is 2.15. The highest BCUT2D eigenvalue weighted by atomic mass is 35.5. The van der Waals surface area contributed by atoms with Crippen molar-refractivity contribution >= 4 is 41.1 Å². The van der Waals surface area contributed by atoms with Crippen LogP contribution in [0.5, 0.6) is 0 Å². The van der Waals surface area contributed by atoms with E-state index >= 15 is 0 Å². The van der Waals surface area contributed by atoms with E-state index in [9.17, 15) is 5.21 Å². The molecule has 118 valence electrons. The fourth-order valence-electron chi connectivity index (χ4n) is 1.98. The number of allylic oxidation sites excluding steroid dienone is 2. The van der Waals surface area contributed by atoms with Crippen molar-refractivity contribution in [1.82, 2.24) is 0 Å². The fourth-order valence-corrected chi connectivity index (χ4v) is 2.55. The number of hydrogen-bond donors (Lipinski definition) is 1. The van der Waals surface area contributed by atoms with Crippen LogP contribution in [0.2, 0.25) is 0 Å². The SMILES string of the molecule is ON=C(C(Cl)C=Cc1ccccc1)C(Cl)C=Cc1ccccc1. The molecule has 0 heterocycles. The summed E-state index contributed by atoms with van der Waals surface area (Å²) in [5.41, 5.74) is 2.32. The molecule has 0 spiro atoms. The van der Waals surface area contributed by atoms with Crippen molar-refractivity contribution in [2.24, 2.45) is 5.16 Å². The number of benzene rings is 2. The summed E-state index contributed by atoms with van der Waals surface area (Å²) in [7, 11) is 0. The van der Waals surface area contributed by atoms with Crippen LogP contribution < -0.4 is 0 Å². The molecule has 0 saturated carbocycles. The Morgan fingerprint density at radius 3 is 1.52 bits per heavy atom. The van der Waals surface area contributed by atoms with Crippen LogP contribution in [0, 0.1) is 0 Å². The van der Waals surface area contributed by atoms with Gasteiger partial charge in [-0.3, -0.25) is 0 Å². The Morgan fingerprint density at radius 1 is 0.783 bits per heavy atom. The van der Waals surface area contributed by atoms with Gasteiger partial charge in [-0.25, -0.2) is 0 Å². The van der Waals surface area contributed by atoms with Crippen LogP contribution in [0.4, 0.5) is 0 Å². The lowest BCUT2D eigenvalue weighted by Gasteiger charge is -2.10. The van der Waals surface area contributed by atoms with Crippen LogP contribution >= 0.6 is 23.2 Å². The zero-order chi connectivity index (χ0) is 16.5. The molecule has 4 heteroatoms. The van der Waals surface area contributed by atoms with Gasteiger partial charge in [0, 0.05) is 0 Å². The lowest BCUT2D eigenvalue weighted by molar-refractivity contribution is 0.317. The Bertz CT molecular complexity index is 624. The molecule has 0 fully saturated rings. The Hall–Kier alpha value is -2.03. The molecule has 0 aliphatic carbocycles. The quantitative estimate of drug-likeness (QED) is 0.320. The van der Waals surface area contributed by atoms with Crippen LogP contribution in [0.3, 0.4) is 0 Å². The molecule has 2 aromatic rings. The van der Waals surface area contributed by atoms with Gasteiger partial charge in [-0.05, 0) is 11.1 Å². The zero-order valence-electron chi connectivity index (χ0n) is 12.4. The number of halogens is 2. The first kappa shape index (κ1) is 17.3. The first-order valence-electron chi connectivity index (χ1n) is 7.17. The maximum atomic E-state index is 9.21. The van der Waals surface area contributed by atoms with Gasteiger partial charge >= 0.3 is 0 Å². The first-order valence-corrected chi connectivity index (χ1v) is 8.04. The number of alkyl halides is 2. The van der Waals surface area contributed by atoms with Crippen molar-refractivity contribution in [3.8, 4) is 0 Å². The average Bonchev–Trinajstić information content (AvgIpc) is 2.60. The van der Waals surface area contributed by atoms with E-state index in [2.05, 4.69) is 5.16 Å². The Balaban J connectivity index is 2.03. The van der Waals surface area contributed by atoms with Gasteiger partial charge < -0.3 is 5.21 Å². The Labute approximate surface area is 146 Å². The minimum atomic E-state index is -0.594. The number of nitrogens with zero attached hydrogens (tertiary/aromatic N) is 1. The molecule has 2 unspecified atom stereocenters. The highest BCUT2D eigenvalue weighted by molar-refractivity contribution is 6.43. The minimum absolute atomic E-state index is 0.285. The van der Waals surface area contributed by atoms with E-state index in [-0.39, 0.29) is 5.71 Å². The van der Waals surface area contributed by atoms with Crippen molar-refractivity contribution in [1.29, 1.82) is 0 Å². The molecule has 0 amide bonds.